The third kappa shape index (κ3) is 14.6. The van der Waals surface area contributed by atoms with Gasteiger partial charge in [0.1, 0.15) is 23.0 Å². The van der Waals surface area contributed by atoms with E-state index in [2.05, 4.69) is 112 Å². The van der Waals surface area contributed by atoms with Crippen molar-refractivity contribution >= 4 is 23.5 Å². The van der Waals surface area contributed by atoms with Crippen molar-refractivity contribution in [3.8, 4) is 70.4 Å². The Balaban J connectivity index is 1.75. The van der Waals surface area contributed by atoms with Gasteiger partial charge in [-0.25, -0.2) is 0 Å². The lowest BCUT2D eigenvalue weighted by atomic mass is 10.1. The first-order valence-electron chi connectivity index (χ1n) is 19.7. The second-order valence-corrected chi connectivity index (χ2v) is 14.7. The quantitative estimate of drug-likeness (QED) is 0.0568. The summed E-state index contributed by atoms with van der Waals surface area (Å²) in [6, 6.07) is 24.3. The Bertz CT molecular complexity index is 1940. The van der Waals surface area contributed by atoms with Crippen LogP contribution in [0.15, 0.2) is 82.6 Å². The van der Waals surface area contributed by atoms with E-state index in [-0.39, 0.29) is 0 Å². The molecule has 4 aromatic rings. The monoisotopic (exact) mass is 782 g/mol. The van der Waals surface area contributed by atoms with E-state index in [1.807, 2.05) is 48.5 Å². The zero-order valence-electron chi connectivity index (χ0n) is 33.9. The average molecular weight is 783 g/mol. The van der Waals surface area contributed by atoms with Crippen molar-refractivity contribution in [3.05, 3.63) is 106 Å². The molecule has 6 heteroatoms. The average Bonchev–Trinajstić information content (AvgIpc) is 3.23. The molecule has 0 fully saturated rings. The van der Waals surface area contributed by atoms with Gasteiger partial charge in [-0.1, -0.05) is 77.1 Å². The number of hydrogen-bond acceptors (Lipinski definition) is 6. The molecule has 0 heterocycles. The molecule has 0 amide bonds. The summed E-state index contributed by atoms with van der Waals surface area (Å²) in [5.41, 5.74) is 4.82. The zero-order chi connectivity index (χ0) is 39.8. The van der Waals surface area contributed by atoms with Crippen LogP contribution in [0.1, 0.15) is 112 Å². The second kappa shape index (κ2) is 25.2. The minimum atomic E-state index is 0.577. The number of unbranched alkanes of at least 4 members (excludes halogenated alkanes) is 4. The maximum atomic E-state index is 6.29. The van der Waals surface area contributed by atoms with Gasteiger partial charge < -0.3 is 18.9 Å². The van der Waals surface area contributed by atoms with Crippen LogP contribution in [-0.2, 0) is 0 Å². The Morgan fingerprint density at radius 2 is 0.679 bits per heavy atom. The fourth-order valence-corrected chi connectivity index (χ4v) is 5.94. The zero-order valence-corrected chi connectivity index (χ0v) is 35.5. The van der Waals surface area contributed by atoms with E-state index in [1.165, 1.54) is 9.79 Å². The Morgan fingerprint density at radius 3 is 0.946 bits per heavy atom. The highest BCUT2D eigenvalue weighted by Crippen LogP contribution is 2.31. The lowest BCUT2D eigenvalue weighted by Crippen LogP contribution is -2.03. The first-order chi connectivity index (χ1) is 27.5. The predicted octanol–water partition coefficient (Wildman–Crippen LogP) is 12.0. The van der Waals surface area contributed by atoms with Crippen molar-refractivity contribution in [3.63, 3.8) is 0 Å². The van der Waals surface area contributed by atoms with Crippen LogP contribution in [-0.4, -0.2) is 38.9 Å². The fraction of sp³-hybridized carbons (Fsp3) is 0.360. The molecule has 0 atom stereocenters. The number of thioether (sulfide) groups is 2. The molecule has 0 spiro atoms. The fourth-order valence-electron chi connectivity index (χ4n) is 5.12. The van der Waals surface area contributed by atoms with Crippen LogP contribution >= 0.6 is 23.5 Å². The van der Waals surface area contributed by atoms with E-state index >= 15 is 0 Å². The van der Waals surface area contributed by atoms with Crippen LogP contribution in [0.5, 0.6) is 23.0 Å². The van der Waals surface area contributed by atoms with E-state index in [1.54, 1.807) is 23.5 Å². The summed E-state index contributed by atoms with van der Waals surface area (Å²) in [6.07, 6.45) is 12.0. The summed E-state index contributed by atoms with van der Waals surface area (Å²) in [5.74, 6) is 28.7. The number of ether oxygens (including phenoxy) is 4. The van der Waals surface area contributed by atoms with Crippen LogP contribution in [0.4, 0.5) is 0 Å². The van der Waals surface area contributed by atoms with Gasteiger partial charge in [0, 0.05) is 45.2 Å². The molecule has 56 heavy (non-hydrogen) atoms. The summed E-state index contributed by atoms with van der Waals surface area (Å²) in [4.78, 5) is 2.40. The summed E-state index contributed by atoms with van der Waals surface area (Å²) in [6.45, 7) is 10.9. The van der Waals surface area contributed by atoms with Crippen molar-refractivity contribution in [1.29, 1.82) is 0 Å². The molecule has 0 saturated carbocycles. The normalized spacial score (nSPS) is 10.0. The van der Waals surface area contributed by atoms with Gasteiger partial charge >= 0.3 is 0 Å². The molecular formula is C50H54O4S2. The number of rotatable bonds is 18. The standard InChI is InChI=1S/C50H54O4S2/c1-7-11-31-51-47-37-43(25-19-39-21-27-45(55-5)28-22-39)49(53-33-13-9-3)35-41(47)17-15-16-18-42-36-50(54-34-14-10-4)44(38-48(42)52-32-12-8-2)26-20-40-23-29-46(56-6)30-24-40/h21-24,27-30,35-38H,7-14,31-34H2,1-6H3. The number of benzene rings is 4. The third-order valence-corrected chi connectivity index (χ3v) is 9.99. The third-order valence-electron chi connectivity index (χ3n) is 8.51. The molecule has 0 unspecified atom stereocenters. The summed E-state index contributed by atoms with van der Waals surface area (Å²) in [5, 5.41) is 0. The maximum absolute atomic E-state index is 6.29. The highest BCUT2D eigenvalue weighted by atomic mass is 32.2. The van der Waals surface area contributed by atoms with Crippen molar-refractivity contribution in [2.24, 2.45) is 0 Å². The van der Waals surface area contributed by atoms with Gasteiger partial charge in [-0.2, -0.15) is 0 Å². The molecular weight excluding hydrogens is 729 g/mol. The Morgan fingerprint density at radius 1 is 0.393 bits per heavy atom. The van der Waals surface area contributed by atoms with Crippen LogP contribution < -0.4 is 18.9 Å². The molecule has 0 N–H and O–H groups in total. The first kappa shape index (κ1) is 43.7. The molecule has 0 aliphatic rings. The molecule has 0 aliphatic carbocycles. The van der Waals surface area contributed by atoms with Gasteiger partial charge in [0.15, 0.2) is 0 Å². The highest BCUT2D eigenvalue weighted by Gasteiger charge is 2.13. The molecule has 0 aliphatic heterocycles. The van der Waals surface area contributed by atoms with Gasteiger partial charge in [0.2, 0.25) is 0 Å². The second-order valence-electron chi connectivity index (χ2n) is 13.0. The summed E-state index contributed by atoms with van der Waals surface area (Å²) >= 11 is 3.42. The van der Waals surface area contributed by atoms with Crippen LogP contribution in [0.2, 0.25) is 0 Å². The van der Waals surface area contributed by atoms with Crippen LogP contribution in [0.25, 0.3) is 0 Å². The van der Waals surface area contributed by atoms with E-state index in [0.717, 1.165) is 73.6 Å². The van der Waals surface area contributed by atoms with Crippen LogP contribution in [0.3, 0.4) is 0 Å². The van der Waals surface area contributed by atoms with Crippen molar-refractivity contribution in [2.45, 2.75) is 88.9 Å². The van der Waals surface area contributed by atoms with E-state index in [0.29, 0.717) is 60.6 Å². The Kier molecular flexibility index (Phi) is 19.7. The first-order valence-corrected chi connectivity index (χ1v) is 22.2. The SMILES string of the molecule is CCCCOc1cc(C#Cc2ccc(SC)cc2)c(OCCCC)cc1C#CC#Cc1cc(OCCCC)c(C#Cc2ccc(SC)cc2)cc1OCCCC. The van der Waals surface area contributed by atoms with E-state index in [4.69, 9.17) is 18.9 Å². The van der Waals surface area contributed by atoms with E-state index < -0.39 is 0 Å². The molecule has 4 rings (SSSR count). The molecule has 0 aromatic heterocycles. The molecule has 0 radical (unpaired) electrons. The Labute approximate surface area is 345 Å². The molecule has 0 saturated heterocycles. The molecule has 0 bridgehead atoms. The number of hydrogen-bond donors (Lipinski definition) is 0. The molecule has 4 aromatic carbocycles. The predicted molar refractivity (Wildman–Crippen MR) is 237 cm³/mol. The highest BCUT2D eigenvalue weighted by molar-refractivity contribution is 7.98. The van der Waals surface area contributed by atoms with Crippen molar-refractivity contribution < 1.29 is 18.9 Å². The van der Waals surface area contributed by atoms with Gasteiger partial charge in [0.25, 0.3) is 0 Å². The smallest absolute Gasteiger partial charge is 0.136 e. The summed E-state index contributed by atoms with van der Waals surface area (Å²) in [7, 11) is 0. The lowest BCUT2D eigenvalue weighted by molar-refractivity contribution is 0.299. The van der Waals surface area contributed by atoms with Gasteiger partial charge in [-0.15, -0.1) is 23.5 Å². The largest absolute Gasteiger partial charge is 0.492 e. The molecule has 4 nitrogen and oxygen atoms in total. The van der Waals surface area contributed by atoms with Crippen molar-refractivity contribution in [2.75, 3.05) is 38.9 Å². The topological polar surface area (TPSA) is 36.9 Å². The lowest BCUT2D eigenvalue weighted by Gasteiger charge is -2.13. The van der Waals surface area contributed by atoms with E-state index in [9.17, 15) is 0 Å². The van der Waals surface area contributed by atoms with Gasteiger partial charge in [0.05, 0.1) is 48.7 Å². The van der Waals surface area contributed by atoms with Crippen LogP contribution in [0, 0.1) is 47.4 Å². The van der Waals surface area contributed by atoms with Gasteiger partial charge in [-0.3, -0.25) is 0 Å². The maximum Gasteiger partial charge on any atom is 0.136 e. The minimum absolute atomic E-state index is 0.577. The Hall–Kier alpha value is -4.98. The molecule has 290 valence electrons. The minimum Gasteiger partial charge on any atom is -0.492 e. The van der Waals surface area contributed by atoms with Gasteiger partial charge in [-0.05, 0) is 110 Å². The van der Waals surface area contributed by atoms with Crippen molar-refractivity contribution in [1.82, 2.24) is 0 Å². The summed E-state index contributed by atoms with van der Waals surface area (Å²) < 4.78 is 25.1.